The summed E-state index contributed by atoms with van der Waals surface area (Å²) in [4.78, 5) is 0. The maximum absolute atomic E-state index is 7.61. The van der Waals surface area contributed by atoms with Crippen molar-refractivity contribution in [3.05, 3.63) is 48.7 Å². The van der Waals surface area contributed by atoms with Gasteiger partial charge in [0.05, 0.1) is 8.43 Å². The van der Waals surface area contributed by atoms with Gasteiger partial charge in [-0.3, -0.25) is 0 Å². The summed E-state index contributed by atoms with van der Waals surface area (Å²) < 4.78 is 16.7. The van der Waals surface area contributed by atoms with Gasteiger partial charge in [-0.2, -0.15) is 5.10 Å². The van der Waals surface area contributed by atoms with Gasteiger partial charge in [0.1, 0.15) is 0 Å². The molecule has 0 saturated carbocycles. The Balaban J connectivity index is 2.64. The number of hydrogen-bond donors (Lipinski definition) is 0. The molecule has 2 rings (SSSR count). The van der Waals surface area contributed by atoms with E-state index in [1.54, 1.807) is 36.7 Å². The van der Waals surface area contributed by atoms with Crippen LogP contribution in [0.5, 0.6) is 0 Å². The first-order chi connectivity index (χ1) is 6.29. The molecular formula is C9H8N2. The minimum absolute atomic E-state index is 0.316. The van der Waals surface area contributed by atoms with Crippen LogP contribution in [-0.2, 0) is 0 Å². The van der Waals surface area contributed by atoms with Crippen LogP contribution >= 0.6 is 0 Å². The van der Waals surface area contributed by atoms with Gasteiger partial charge in [0.15, 0.2) is 0 Å². The number of para-hydroxylation sites is 1. The molecule has 0 spiro atoms. The molecule has 1 aromatic heterocycles. The normalized spacial score (nSPS) is 12.4. The van der Waals surface area contributed by atoms with E-state index in [1.807, 2.05) is 0 Å². The van der Waals surface area contributed by atoms with Gasteiger partial charge >= 0.3 is 0 Å². The third kappa shape index (κ3) is 1.15. The van der Waals surface area contributed by atoms with Gasteiger partial charge in [-0.15, -0.1) is 0 Å². The molecule has 2 nitrogen and oxygen atoms in total. The van der Waals surface area contributed by atoms with Gasteiger partial charge in [0, 0.05) is 12.4 Å². The quantitative estimate of drug-likeness (QED) is 0.600. The van der Waals surface area contributed by atoms with Gasteiger partial charge in [-0.25, -0.2) is 4.68 Å². The van der Waals surface area contributed by atoms with E-state index in [2.05, 4.69) is 5.10 Å². The highest BCUT2D eigenvalue weighted by molar-refractivity contribution is 5.29. The van der Waals surface area contributed by atoms with Crippen molar-refractivity contribution in [1.82, 2.24) is 9.78 Å². The molecule has 0 aliphatic carbocycles. The highest BCUT2D eigenvalue weighted by atomic mass is 15.3. The monoisotopic (exact) mass is 146 g/mol. The van der Waals surface area contributed by atoms with Crippen molar-refractivity contribution in [1.29, 1.82) is 0 Å². The van der Waals surface area contributed by atoms with Gasteiger partial charge < -0.3 is 0 Å². The maximum atomic E-state index is 7.61. The zero-order chi connectivity index (χ0) is 9.26. The predicted octanol–water partition coefficient (Wildman–Crippen LogP) is 1.87. The first-order valence-corrected chi connectivity index (χ1v) is 3.35. The summed E-state index contributed by atoms with van der Waals surface area (Å²) in [6.07, 6.45) is 3.36. The van der Waals surface area contributed by atoms with E-state index >= 15 is 0 Å². The van der Waals surface area contributed by atoms with E-state index in [0.29, 0.717) is 17.8 Å². The molecule has 0 aliphatic heterocycles. The third-order valence-electron chi connectivity index (χ3n) is 1.37. The first-order valence-electron chi connectivity index (χ1n) is 4.35. The second-order valence-corrected chi connectivity index (χ2v) is 2.11. The summed E-state index contributed by atoms with van der Waals surface area (Å²) in [7, 11) is 0. The van der Waals surface area contributed by atoms with Gasteiger partial charge in [0.2, 0.25) is 0 Å². The van der Waals surface area contributed by atoms with Crippen LogP contribution < -0.4 is 0 Å². The fourth-order valence-electron chi connectivity index (χ4n) is 0.877. The van der Waals surface area contributed by atoms with E-state index in [-0.39, 0.29) is 0 Å². The SMILES string of the molecule is [2H]c1cccc([2H])c1-n1cccn1. The Morgan fingerprint density at radius 1 is 1.18 bits per heavy atom. The van der Waals surface area contributed by atoms with E-state index in [0.717, 1.165) is 0 Å². The molecular weight excluding hydrogens is 136 g/mol. The molecule has 0 N–H and O–H groups in total. The number of hydrogen-bond acceptors (Lipinski definition) is 1. The molecule has 2 aromatic rings. The van der Waals surface area contributed by atoms with Crippen LogP contribution in [0.3, 0.4) is 0 Å². The van der Waals surface area contributed by atoms with Crippen LogP contribution in [0.1, 0.15) is 2.74 Å². The van der Waals surface area contributed by atoms with Crippen molar-refractivity contribution in [3.8, 4) is 5.69 Å². The van der Waals surface area contributed by atoms with Crippen LogP contribution in [0, 0.1) is 0 Å². The fraction of sp³-hybridized carbons (Fsp3) is 0. The lowest BCUT2D eigenvalue weighted by atomic mass is 10.3. The molecule has 0 radical (unpaired) electrons. The lowest BCUT2D eigenvalue weighted by molar-refractivity contribution is 0.880. The van der Waals surface area contributed by atoms with Crippen molar-refractivity contribution in [2.24, 2.45) is 0 Å². The average Bonchev–Trinajstić information content (AvgIpc) is 2.57. The minimum atomic E-state index is 0.316. The second kappa shape index (κ2) is 2.58. The molecule has 11 heavy (non-hydrogen) atoms. The van der Waals surface area contributed by atoms with Crippen molar-refractivity contribution >= 4 is 0 Å². The summed E-state index contributed by atoms with van der Waals surface area (Å²) in [5.41, 5.74) is 0.521. The molecule has 54 valence electrons. The lowest BCUT2D eigenvalue weighted by Crippen LogP contribution is -1.91. The molecule has 0 aliphatic rings. The summed E-state index contributed by atoms with van der Waals surface area (Å²) in [5, 5.41) is 3.98. The Morgan fingerprint density at radius 3 is 2.64 bits per heavy atom. The Labute approximate surface area is 67.9 Å². The Kier molecular flexibility index (Phi) is 1.02. The molecule has 2 heteroatoms. The zero-order valence-electron chi connectivity index (χ0n) is 7.86. The predicted molar refractivity (Wildman–Crippen MR) is 43.6 cm³/mol. The van der Waals surface area contributed by atoms with Crippen molar-refractivity contribution in [2.45, 2.75) is 0 Å². The number of rotatable bonds is 1. The summed E-state index contributed by atoms with van der Waals surface area (Å²) in [6, 6.07) is 7.39. The fourth-order valence-corrected chi connectivity index (χ4v) is 0.877. The highest BCUT2D eigenvalue weighted by Crippen LogP contribution is 2.03. The van der Waals surface area contributed by atoms with Crippen molar-refractivity contribution in [3.63, 3.8) is 0 Å². The van der Waals surface area contributed by atoms with Crippen LogP contribution in [0.15, 0.2) is 48.7 Å². The largest absolute Gasteiger partial charge is 0.241 e. The maximum Gasteiger partial charge on any atom is 0.0646 e. The molecule has 1 aromatic carbocycles. The Hall–Kier alpha value is -1.57. The van der Waals surface area contributed by atoms with Crippen LogP contribution in [0.4, 0.5) is 0 Å². The first kappa shape index (κ1) is 4.34. The van der Waals surface area contributed by atoms with Crippen molar-refractivity contribution in [2.75, 3.05) is 0 Å². The van der Waals surface area contributed by atoms with Crippen LogP contribution in [0.25, 0.3) is 5.69 Å². The number of benzene rings is 1. The minimum Gasteiger partial charge on any atom is -0.241 e. The molecule has 0 atom stereocenters. The Bertz CT molecular complexity index is 389. The van der Waals surface area contributed by atoms with Gasteiger partial charge in [-0.1, -0.05) is 18.2 Å². The number of aromatic nitrogens is 2. The standard InChI is InChI=1S/C9H8N2/c1-2-5-9(6-3-1)11-8-4-7-10-11/h1-8H/i5D,6D. The summed E-state index contributed by atoms with van der Waals surface area (Å²) in [6.45, 7) is 0. The lowest BCUT2D eigenvalue weighted by Gasteiger charge is -1.97. The summed E-state index contributed by atoms with van der Waals surface area (Å²) >= 11 is 0. The third-order valence-corrected chi connectivity index (χ3v) is 1.37. The Morgan fingerprint density at radius 2 is 2.00 bits per heavy atom. The smallest absolute Gasteiger partial charge is 0.0646 e. The van der Waals surface area contributed by atoms with E-state index in [1.165, 1.54) is 4.68 Å². The second-order valence-electron chi connectivity index (χ2n) is 2.11. The number of nitrogens with zero attached hydrogens (tertiary/aromatic N) is 2. The topological polar surface area (TPSA) is 17.8 Å². The van der Waals surface area contributed by atoms with Gasteiger partial charge in [-0.05, 0) is 18.2 Å². The zero-order valence-corrected chi connectivity index (χ0v) is 5.86. The van der Waals surface area contributed by atoms with Crippen LogP contribution in [0.2, 0.25) is 0 Å². The molecule has 1 heterocycles. The van der Waals surface area contributed by atoms with Gasteiger partial charge in [0.25, 0.3) is 0 Å². The molecule has 0 unspecified atom stereocenters. The average molecular weight is 146 g/mol. The molecule has 0 amide bonds. The van der Waals surface area contributed by atoms with E-state index < -0.39 is 0 Å². The summed E-state index contributed by atoms with van der Waals surface area (Å²) in [5.74, 6) is 0. The van der Waals surface area contributed by atoms with Crippen molar-refractivity contribution < 1.29 is 2.74 Å². The van der Waals surface area contributed by atoms with E-state index in [9.17, 15) is 0 Å². The molecule has 0 saturated heterocycles. The molecule has 0 bridgehead atoms. The van der Waals surface area contributed by atoms with Crippen LogP contribution in [-0.4, -0.2) is 9.78 Å². The highest BCUT2D eigenvalue weighted by Gasteiger charge is 1.90. The molecule has 0 fully saturated rings. The van der Waals surface area contributed by atoms with E-state index in [4.69, 9.17) is 2.74 Å².